The molecule has 0 saturated carbocycles. The number of halogens is 2. The summed E-state index contributed by atoms with van der Waals surface area (Å²) in [6.45, 7) is 0.298. The van der Waals surface area contributed by atoms with Gasteiger partial charge in [0.1, 0.15) is 12.4 Å². The highest BCUT2D eigenvalue weighted by Crippen LogP contribution is 2.25. The molecule has 146 valence electrons. The number of nitrogens with zero attached hydrogens (tertiary/aromatic N) is 1. The lowest BCUT2D eigenvalue weighted by Gasteiger charge is -2.12. The number of rotatable bonds is 7. The Morgan fingerprint density at radius 1 is 1.14 bits per heavy atom. The van der Waals surface area contributed by atoms with Crippen LogP contribution in [-0.2, 0) is 16.1 Å². The van der Waals surface area contributed by atoms with Crippen LogP contribution in [0.5, 0.6) is 0 Å². The van der Waals surface area contributed by atoms with Crippen LogP contribution in [0.2, 0.25) is 5.02 Å². The van der Waals surface area contributed by atoms with Crippen molar-refractivity contribution in [1.82, 2.24) is 4.90 Å². The van der Waals surface area contributed by atoms with Crippen LogP contribution in [0.25, 0.3) is 0 Å². The van der Waals surface area contributed by atoms with E-state index in [4.69, 9.17) is 21.1 Å². The molecule has 2 aromatic rings. The quantitative estimate of drug-likeness (QED) is 0.400. The van der Waals surface area contributed by atoms with E-state index < -0.39 is 23.6 Å². The average molecular weight is 406 g/mol. The zero-order chi connectivity index (χ0) is 20.3. The summed E-state index contributed by atoms with van der Waals surface area (Å²) >= 11 is 5.91. The lowest BCUT2D eigenvalue weighted by atomic mass is 10.1. The van der Waals surface area contributed by atoms with Crippen molar-refractivity contribution >= 4 is 29.4 Å². The second-order valence-corrected chi connectivity index (χ2v) is 6.55. The number of carbonyl (C=O) groups is 3. The molecule has 8 heteroatoms. The Bertz CT molecular complexity index is 926. The van der Waals surface area contributed by atoms with Gasteiger partial charge in [-0.15, -0.1) is 0 Å². The van der Waals surface area contributed by atoms with Crippen molar-refractivity contribution in [2.24, 2.45) is 0 Å². The molecule has 0 N–H and O–H groups in total. The van der Waals surface area contributed by atoms with Gasteiger partial charge in [0, 0.05) is 25.8 Å². The van der Waals surface area contributed by atoms with E-state index in [2.05, 4.69) is 0 Å². The van der Waals surface area contributed by atoms with E-state index in [1.165, 1.54) is 43.5 Å². The van der Waals surface area contributed by atoms with Gasteiger partial charge >= 0.3 is 5.97 Å². The number of ether oxygens (including phenoxy) is 2. The molecule has 2 amide bonds. The van der Waals surface area contributed by atoms with Crippen molar-refractivity contribution in [3.8, 4) is 0 Å². The molecule has 1 aliphatic rings. The molecule has 0 radical (unpaired) electrons. The molecule has 0 bridgehead atoms. The number of esters is 1. The summed E-state index contributed by atoms with van der Waals surface area (Å²) in [5.41, 5.74) is 0.525. The van der Waals surface area contributed by atoms with Gasteiger partial charge in [-0.1, -0.05) is 17.7 Å². The van der Waals surface area contributed by atoms with Gasteiger partial charge in [0.15, 0.2) is 0 Å². The summed E-state index contributed by atoms with van der Waals surface area (Å²) < 4.78 is 23.8. The van der Waals surface area contributed by atoms with E-state index in [0.29, 0.717) is 13.0 Å². The van der Waals surface area contributed by atoms with Gasteiger partial charge in [0.05, 0.1) is 21.7 Å². The summed E-state index contributed by atoms with van der Waals surface area (Å²) in [6, 6.07) is 8.28. The first-order valence-corrected chi connectivity index (χ1v) is 8.91. The number of carbonyl (C=O) groups excluding carboxylic acids is 3. The van der Waals surface area contributed by atoms with Gasteiger partial charge in [-0.3, -0.25) is 14.5 Å². The highest BCUT2D eigenvalue weighted by Gasteiger charge is 2.35. The minimum atomic E-state index is -0.750. The fraction of sp³-hybridized carbons (Fsp3) is 0.250. The smallest absolute Gasteiger partial charge is 0.338 e. The predicted octanol–water partition coefficient (Wildman–Crippen LogP) is 3.47. The summed E-state index contributed by atoms with van der Waals surface area (Å²) in [7, 11) is 1.54. The first kappa shape index (κ1) is 20.0. The van der Waals surface area contributed by atoms with Gasteiger partial charge in [-0.25, -0.2) is 9.18 Å². The largest absolute Gasteiger partial charge is 0.457 e. The Labute approximate surface area is 165 Å². The highest BCUT2D eigenvalue weighted by molar-refractivity contribution is 6.31. The van der Waals surface area contributed by atoms with Crippen LogP contribution in [-0.4, -0.2) is 42.9 Å². The molecule has 1 heterocycles. The maximum absolute atomic E-state index is 13.8. The Balaban J connectivity index is 1.73. The second-order valence-electron chi connectivity index (χ2n) is 6.15. The van der Waals surface area contributed by atoms with E-state index >= 15 is 0 Å². The zero-order valence-corrected chi connectivity index (χ0v) is 15.8. The maximum Gasteiger partial charge on any atom is 0.338 e. The van der Waals surface area contributed by atoms with E-state index in [1.54, 1.807) is 0 Å². The van der Waals surface area contributed by atoms with Crippen molar-refractivity contribution in [3.05, 3.63) is 69.5 Å². The molecule has 0 atom stereocenters. The molecule has 2 aromatic carbocycles. The lowest BCUT2D eigenvalue weighted by Crippen LogP contribution is -2.31. The molecule has 3 rings (SSSR count). The van der Waals surface area contributed by atoms with E-state index in [0.717, 1.165) is 4.90 Å². The number of benzene rings is 2. The normalized spacial score (nSPS) is 13.0. The molecule has 0 aliphatic carbocycles. The van der Waals surface area contributed by atoms with Crippen molar-refractivity contribution in [1.29, 1.82) is 0 Å². The standard InChI is InChI=1S/C20H17ClFNO5/c1-27-9-3-8-23-18(24)13-7-6-12(10-14(13)19(23)25)20(26)28-11-15-16(21)4-2-5-17(15)22/h2,4-7,10H,3,8-9,11H2,1H3. The van der Waals surface area contributed by atoms with E-state index in [9.17, 15) is 18.8 Å². The van der Waals surface area contributed by atoms with Crippen LogP contribution in [0, 0.1) is 5.82 Å². The van der Waals surface area contributed by atoms with Crippen LogP contribution in [0.1, 0.15) is 43.1 Å². The number of hydrogen-bond acceptors (Lipinski definition) is 5. The molecule has 0 fully saturated rings. The Hall–Kier alpha value is -2.77. The van der Waals surface area contributed by atoms with Gasteiger partial charge < -0.3 is 9.47 Å². The Kier molecular flexibility index (Phi) is 6.06. The third kappa shape index (κ3) is 3.90. The molecular weight excluding hydrogens is 389 g/mol. The molecule has 6 nitrogen and oxygen atoms in total. The second kappa shape index (κ2) is 8.50. The van der Waals surface area contributed by atoms with Gasteiger partial charge in [-0.05, 0) is 36.8 Å². The molecule has 28 heavy (non-hydrogen) atoms. The minimum Gasteiger partial charge on any atom is -0.457 e. The number of amides is 2. The van der Waals surface area contributed by atoms with Gasteiger partial charge in [0.25, 0.3) is 11.8 Å². The summed E-state index contributed by atoms with van der Waals surface area (Å²) in [5.74, 6) is -2.21. The van der Waals surface area contributed by atoms with Crippen LogP contribution < -0.4 is 0 Å². The first-order valence-electron chi connectivity index (χ1n) is 8.53. The molecule has 0 saturated heterocycles. The van der Waals surface area contributed by atoms with Crippen LogP contribution in [0.4, 0.5) is 4.39 Å². The number of imide groups is 1. The Morgan fingerprint density at radius 2 is 1.89 bits per heavy atom. The monoisotopic (exact) mass is 405 g/mol. The fourth-order valence-corrected chi connectivity index (χ4v) is 3.10. The van der Waals surface area contributed by atoms with E-state index in [-0.39, 0.29) is 40.4 Å². The van der Waals surface area contributed by atoms with Crippen molar-refractivity contribution in [2.45, 2.75) is 13.0 Å². The number of hydrogen-bond donors (Lipinski definition) is 0. The molecule has 1 aliphatic heterocycles. The molecule has 0 unspecified atom stereocenters. The fourth-order valence-electron chi connectivity index (χ4n) is 2.88. The zero-order valence-electron chi connectivity index (χ0n) is 15.0. The topological polar surface area (TPSA) is 72.9 Å². The molecule has 0 spiro atoms. The first-order chi connectivity index (χ1) is 13.4. The SMILES string of the molecule is COCCCN1C(=O)c2ccc(C(=O)OCc3c(F)cccc3Cl)cc2C1=O. The van der Waals surface area contributed by atoms with Crippen LogP contribution in [0.3, 0.4) is 0 Å². The maximum atomic E-state index is 13.8. The summed E-state index contributed by atoms with van der Waals surface area (Å²) in [6.07, 6.45) is 0.514. The highest BCUT2D eigenvalue weighted by atomic mass is 35.5. The third-order valence-electron chi connectivity index (χ3n) is 4.35. The van der Waals surface area contributed by atoms with Crippen molar-refractivity contribution < 1.29 is 28.2 Å². The Morgan fingerprint density at radius 3 is 2.61 bits per heavy atom. The number of fused-ring (bicyclic) bond motifs is 1. The summed E-state index contributed by atoms with van der Waals surface area (Å²) in [4.78, 5) is 38.3. The third-order valence-corrected chi connectivity index (χ3v) is 4.70. The van der Waals surface area contributed by atoms with Gasteiger partial charge in [-0.2, -0.15) is 0 Å². The average Bonchev–Trinajstić information content (AvgIpc) is 2.92. The van der Waals surface area contributed by atoms with Gasteiger partial charge in [0.2, 0.25) is 0 Å². The lowest BCUT2D eigenvalue weighted by molar-refractivity contribution is 0.0468. The summed E-state index contributed by atoms with van der Waals surface area (Å²) in [5, 5.41) is 0.147. The van der Waals surface area contributed by atoms with E-state index in [1.807, 2.05) is 0 Å². The van der Waals surface area contributed by atoms with Crippen molar-refractivity contribution in [3.63, 3.8) is 0 Å². The predicted molar refractivity (Wildman–Crippen MR) is 98.8 cm³/mol. The van der Waals surface area contributed by atoms with Crippen LogP contribution in [0.15, 0.2) is 36.4 Å². The van der Waals surface area contributed by atoms with Crippen LogP contribution >= 0.6 is 11.6 Å². The molecule has 0 aromatic heterocycles. The van der Waals surface area contributed by atoms with Crippen molar-refractivity contribution in [2.75, 3.05) is 20.3 Å². The molecular formula is C20H17ClFNO5. The minimum absolute atomic E-state index is 0.0641. The number of methoxy groups -OCH3 is 1.